The van der Waals surface area contributed by atoms with E-state index in [1.165, 1.54) is 12.8 Å². The second-order valence-electron chi connectivity index (χ2n) is 6.12. The summed E-state index contributed by atoms with van der Waals surface area (Å²) in [5, 5.41) is 2.92. The topological polar surface area (TPSA) is 64.3 Å². The van der Waals surface area contributed by atoms with Crippen LogP contribution in [0, 0.1) is 5.92 Å². The minimum Gasteiger partial charge on any atom is -0.488 e. The molecule has 1 fully saturated rings. The van der Waals surface area contributed by atoms with Crippen molar-refractivity contribution in [3.63, 3.8) is 0 Å². The minimum absolute atomic E-state index is 0.0461. The summed E-state index contributed by atoms with van der Waals surface area (Å²) in [7, 11) is 0. The lowest BCUT2D eigenvalue weighted by Gasteiger charge is -2.14. The zero-order valence-electron chi connectivity index (χ0n) is 13.4. The Morgan fingerprint density at radius 2 is 1.92 bits per heavy atom. The zero-order chi connectivity index (χ0) is 16.9. The molecule has 2 aromatic rings. The maximum atomic E-state index is 12.4. The van der Waals surface area contributed by atoms with Crippen LogP contribution in [0.4, 0.5) is 0 Å². The van der Waals surface area contributed by atoms with Crippen molar-refractivity contribution in [1.29, 1.82) is 0 Å². The number of nitrogens with one attached hydrogen (secondary N) is 1. The summed E-state index contributed by atoms with van der Waals surface area (Å²) in [6, 6.07) is 15.2. The third-order valence-electron chi connectivity index (χ3n) is 4.17. The van der Waals surface area contributed by atoms with E-state index in [0.717, 1.165) is 10.0 Å². The van der Waals surface area contributed by atoms with E-state index in [9.17, 15) is 4.79 Å². The molecule has 126 valence electrons. The Hall–Kier alpha value is -1.85. The van der Waals surface area contributed by atoms with Crippen LogP contribution in [-0.4, -0.2) is 18.5 Å². The van der Waals surface area contributed by atoms with Crippen molar-refractivity contribution in [1.82, 2.24) is 5.32 Å². The molecule has 1 amide bonds. The van der Waals surface area contributed by atoms with Gasteiger partial charge < -0.3 is 15.8 Å². The van der Waals surface area contributed by atoms with Gasteiger partial charge in [-0.2, -0.15) is 0 Å². The molecule has 1 aliphatic carbocycles. The molecular formula is C19H21BrN2O2. The molecule has 1 saturated carbocycles. The van der Waals surface area contributed by atoms with Crippen LogP contribution < -0.4 is 15.8 Å². The van der Waals surface area contributed by atoms with E-state index < -0.39 is 0 Å². The third kappa shape index (κ3) is 4.58. The molecule has 0 aliphatic heterocycles. The van der Waals surface area contributed by atoms with Crippen molar-refractivity contribution in [2.75, 3.05) is 6.54 Å². The van der Waals surface area contributed by atoms with E-state index in [1.54, 1.807) is 6.07 Å². The molecule has 0 bridgehead atoms. The van der Waals surface area contributed by atoms with E-state index in [4.69, 9.17) is 10.5 Å². The van der Waals surface area contributed by atoms with E-state index in [2.05, 4.69) is 21.2 Å². The maximum absolute atomic E-state index is 12.4. The lowest BCUT2D eigenvalue weighted by atomic mass is 10.1. The molecular weight excluding hydrogens is 368 g/mol. The van der Waals surface area contributed by atoms with E-state index in [0.29, 0.717) is 30.4 Å². The van der Waals surface area contributed by atoms with Crippen molar-refractivity contribution in [3.05, 3.63) is 64.1 Å². The monoisotopic (exact) mass is 388 g/mol. The lowest BCUT2D eigenvalue weighted by Crippen LogP contribution is -2.38. The molecule has 0 radical (unpaired) electrons. The Morgan fingerprint density at radius 1 is 1.21 bits per heavy atom. The molecule has 3 N–H and O–H groups in total. The average molecular weight is 389 g/mol. The number of halogens is 1. The molecule has 5 heteroatoms. The van der Waals surface area contributed by atoms with Crippen molar-refractivity contribution < 1.29 is 9.53 Å². The second-order valence-corrected chi connectivity index (χ2v) is 7.04. The van der Waals surface area contributed by atoms with Crippen LogP contribution in [-0.2, 0) is 6.61 Å². The summed E-state index contributed by atoms with van der Waals surface area (Å²) < 4.78 is 6.87. The van der Waals surface area contributed by atoms with Crippen LogP contribution in [0.3, 0.4) is 0 Å². The minimum atomic E-state index is -0.141. The first-order chi connectivity index (χ1) is 11.6. The Balaban J connectivity index is 1.61. The molecule has 3 rings (SSSR count). The van der Waals surface area contributed by atoms with Crippen molar-refractivity contribution in [3.8, 4) is 5.75 Å². The van der Waals surface area contributed by atoms with Gasteiger partial charge in [0.2, 0.25) is 0 Å². The number of ether oxygens (including phenoxy) is 1. The van der Waals surface area contributed by atoms with Gasteiger partial charge in [-0.05, 0) is 48.6 Å². The van der Waals surface area contributed by atoms with Crippen molar-refractivity contribution in [2.45, 2.75) is 25.5 Å². The number of para-hydroxylation sites is 1. The first kappa shape index (κ1) is 17.0. The summed E-state index contributed by atoms with van der Waals surface area (Å²) in [5.74, 6) is 1.00. The van der Waals surface area contributed by atoms with E-state index >= 15 is 0 Å². The molecule has 1 unspecified atom stereocenters. The van der Waals surface area contributed by atoms with Gasteiger partial charge in [0, 0.05) is 17.1 Å². The fraction of sp³-hybridized carbons (Fsp3) is 0.316. The summed E-state index contributed by atoms with van der Waals surface area (Å²) in [4.78, 5) is 12.4. The molecule has 4 nitrogen and oxygen atoms in total. The van der Waals surface area contributed by atoms with Crippen LogP contribution in [0.5, 0.6) is 5.75 Å². The number of hydrogen-bond donors (Lipinski definition) is 2. The number of rotatable bonds is 7. The Morgan fingerprint density at radius 3 is 2.62 bits per heavy atom. The van der Waals surface area contributed by atoms with Gasteiger partial charge in [-0.3, -0.25) is 4.79 Å². The Kier molecular flexibility index (Phi) is 5.53. The van der Waals surface area contributed by atoms with E-state index in [-0.39, 0.29) is 11.9 Å². The van der Waals surface area contributed by atoms with Crippen molar-refractivity contribution >= 4 is 21.8 Å². The Labute approximate surface area is 150 Å². The second kappa shape index (κ2) is 7.81. The smallest absolute Gasteiger partial charge is 0.255 e. The van der Waals surface area contributed by atoms with Gasteiger partial charge in [0.05, 0.1) is 5.56 Å². The van der Waals surface area contributed by atoms with Gasteiger partial charge in [-0.1, -0.05) is 40.2 Å². The zero-order valence-corrected chi connectivity index (χ0v) is 15.0. The summed E-state index contributed by atoms with van der Waals surface area (Å²) >= 11 is 3.41. The standard InChI is InChI=1S/C19H21BrN2O2/c20-15-9-5-13(6-10-15)12-24-18-4-2-1-3-16(18)19(23)22-11-17(21)14-7-8-14/h1-6,9-10,14,17H,7-8,11-12,21H2,(H,22,23). The quantitative estimate of drug-likeness (QED) is 0.762. The highest BCUT2D eigenvalue weighted by atomic mass is 79.9. The van der Waals surface area contributed by atoms with Gasteiger partial charge in [0.15, 0.2) is 0 Å². The van der Waals surface area contributed by atoms with Gasteiger partial charge >= 0.3 is 0 Å². The average Bonchev–Trinajstić information content (AvgIpc) is 3.44. The number of hydrogen-bond acceptors (Lipinski definition) is 3. The summed E-state index contributed by atoms with van der Waals surface area (Å²) in [5.41, 5.74) is 7.63. The highest BCUT2D eigenvalue weighted by molar-refractivity contribution is 9.10. The predicted octanol–water partition coefficient (Wildman–Crippen LogP) is 3.50. The van der Waals surface area contributed by atoms with Gasteiger partial charge in [0.1, 0.15) is 12.4 Å². The van der Waals surface area contributed by atoms with Crippen LogP contribution >= 0.6 is 15.9 Å². The van der Waals surface area contributed by atoms with Crippen LogP contribution in [0.1, 0.15) is 28.8 Å². The van der Waals surface area contributed by atoms with Crippen molar-refractivity contribution in [2.24, 2.45) is 11.7 Å². The lowest BCUT2D eigenvalue weighted by molar-refractivity contribution is 0.0945. The Bertz CT molecular complexity index is 699. The maximum Gasteiger partial charge on any atom is 0.255 e. The van der Waals surface area contributed by atoms with Gasteiger partial charge in [0.25, 0.3) is 5.91 Å². The number of nitrogens with two attached hydrogens (primary N) is 1. The molecule has 1 aliphatic rings. The normalized spacial score (nSPS) is 14.9. The molecule has 0 aromatic heterocycles. The van der Waals surface area contributed by atoms with Gasteiger partial charge in [-0.25, -0.2) is 0 Å². The molecule has 0 saturated heterocycles. The summed E-state index contributed by atoms with van der Waals surface area (Å²) in [6.07, 6.45) is 2.34. The SMILES string of the molecule is NC(CNC(=O)c1ccccc1OCc1ccc(Br)cc1)C1CC1. The fourth-order valence-electron chi connectivity index (χ4n) is 2.52. The summed E-state index contributed by atoms with van der Waals surface area (Å²) in [6.45, 7) is 0.920. The predicted molar refractivity (Wildman–Crippen MR) is 97.9 cm³/mol. The molecule has 1 atom stereocenters. The van der Waals surface area contributed by atoms with Crippen LogP contribution in [0.2, 0.25) is 0 Å². The van der Waals surface area contributed by atoms with Crippen LogP contribution in [0.25, 0.3) is 0 Å². The highest BCUT2D eigenvalue weighted by Gasteiger charge is 2.28. The van der Waals surface area contributed by atoms with E-state index in [1.807, 2.05) is 42.5 Å². The fourth-order valence-corrected chi connectivity index (χ4v) is 2.78. The molecule has 2 aromatic carbocycles. The molecule has 0 spiro atoms. The largest absolute Gasteiger partial charge is 0.488 e. The number of amides is 1. The first-order valence-corrected chi connectivity index (χ1v) is 8.93. The highest BCUT2D eigenvalue weighted by Crippen LogP contribution is 2.31. The molecule has 24 heavy (non-hydrogen) atoms. The number of carbonyl (C=O) groups excluding carboxylic acids is 1. The number of carbonyl (C=O) groups is 1. The number of benzene rings is 2. The molecule has 0 heterocycles. The van der Waals surface area contributed by atoms with Crippen LogP contribution in [0.15, 0.2) is 53.0 Å². The van der Waals surface area contributed by atoms with Gasteiger partial charge in [-0.15, -0.1) is 0 Å². The third-order valence-corrected chi connectivity index (χ3v) is 4.69. The first-order valence-electron chi connectivity index (χ1n) is 8.13.